The van der Waals surface area contributed by atoms with Gasteiger partial charge in [-0.1, -0.05) is 23.7 Å². The minimum atomic E-state index is -0.348. The van der Waals surface area contributed by atoms with Gasteiger partial charge in [-0.25, -0.2) is 0 Å². The summed E-state index contributed by atoms with van der Waals surface area (Å²) in [6.45, 7) is 0. The average molecular weight is 287 g/mol. The first-order chi connectivity index (χ1) is 9.65. The van der Waals surface area contributed by atoms with Crippen LogP contribution in [0, 0.1) is 11.3 Å². The third kappa shape index (κ3) is 2.90. The van der Waals surface area contributed by atoms with E-state index in [1.807, 2.05) is 6.07 Å². The Bertz CT molecular complexity index is 693. The van der Waals surface area contributed by atoms with E-state index in [9.17, 15) is 4.79 Å². The molecule has 2 rings (SSSR count). The van der Waals surface area contributed by atoms with E-state index < -0.39 is 0 Å². The fraction of sp³-hybridized carbons (Fsp3) is 0.0667. The molecule has 0 unspecified atom stereocenters. The van der Waals surface area contributed by atoms with Crippen molar-refractivity contribution in [2.24, 2.45) is 0 Å². The number of para-hydroxylation sites is 1. The van der Waals surface area contributed by atoms with Crippen molar-refractivity contribution >= 4 is 23.2 Å². The number of methoxy groups -OCH3 is 1. The van der Waals surface area contributed by atoms with Crippen molar-refractivity contribution in [3.05, 3.63) is 58.6 Å². The quantitative estimate of drug-likeness (QED) is 0.939. The number of nitrogens with zero attached hydrogens (tertiary/aromatic N) is 1. The molecule has 20 heavy (non-hydrogen) atoms. The van der Waals surface area contributed by atoms with Crippen LogP contribution >= 0.6 is 11.6 Å². The Morgan fingerprint density at radius 1 is 1.30 bits per heavy atom. The number of ether oxygens (including phenoxy) is 1. The van der Waals surface area contributed by atoms with Crippen molar-refractivity contribution in [2.45, 2.75) is 0 Å². The first-order valence-corrected chi connectivity index (χ1v) is 6.17. The van der Waals surface area contributed by atoms with E-state index in [4.69, 9.17) is 21.6 Å². The van der Waals surface area contributed by atoms with Gasteiger partial charge in [0, 0.05) is 0 Å². The summed E-state index contributed by atoms with van der Waals surface area (Å²) in [7, 11) is 1.50. The molecule has 0 saturated carbocycles. The van der Waals surface area contributed by atoms with Gasteiger partial charge in [0.1, 0.15) is 5.75 Å². The van der Waals surface area contributed by atoms with Gasteiger partial charge >= 0.3 is 0 Å². The van der Waals surface area contributed by atoms with Gasteiger partial charge in [-0.15, -0.1) is 0 Å². The van der Waals surface area contributed by atoms with Crippen LogP contribution in [0.25, 0.3) is 0 Å². The van der Waals surface area contributed by atoms with E-state index >= 15 is 0 Å². The molecule has 4 nitrogen and oxygen atoms in total. The normalized spacial score (nSPS) is 9.65. The summed E-state index contributed by atoms with van der Waals surface area (Å²) in [5, 5.41) is 11.9. The Kier molecular flexibility index (Phi) is 4.24. The molecule has 0 aliphatic carbocycles. The van der Waals surface area contributed by atoms with E-state index in [-0.39, 0.29) is 5.91 Å². The number of halogens is 1. The lowest BCUT2D eigenvalue weighted by molar-refractivity contribution is 0.102. The number of nitriles is 1. The van der Waals surface area contributed by atoms with Gasteiger partial charge in [-0.3, -0.25) is 4.79 Å². The molecule has 1 N–H and O–H groups in total. The van der Waals surface area contributed by atoms with Crippen LogP contribution in [0.2, 0.25) is 5.02 Å². The molecule has 0 spiro atoms. The number of benzene rings is 2. The Morgan fingerprint density at radius 3 is 2.75 bits per heavy atom. The second-order valence-corrected chi connectivity index (χ2v) is 4.37. The summed E-state index contributed by atoms with van der Waals surface area (Å²) in [6.07, 6.45) is 0. The standard InChI is InChI=1S/C15H11ClN2O2/c1-20-14-5-3-2-4-11(14)15(19)18-13-8-10(9-17)6-7-12(13)16/h2-8H,1H3,(H,18,19). The van der Waals surface area contributed by atoms with E-state index in [0.717, 1.165) is 0 Å². The maximum Gasteiger partial charge on any atom is 0.259 e. The number of nitrogens with one attached hydrogen (secondary N) is 1. The second kappa shape index (κ2) is 6.09. The lowest BCUT2D eigenvalue weighted by Gasteiger charge is -2.10. The van der Waals surface area contributed by atoms with Crippen molar-refractivity contribution in [2.75, 3.05) is 12.4 Å². The zero-order valence-corrected chi connectivity index (χ0v) is 11.4. The average Bonchev–Trinajstić information content (AvgIpc) is 2.49. The molecular formula is C15H11ClN2O2. The molecule has 0 fully saturated rings. The van der Waals surface area contributed by atoms with E-state index in [0.29, 0.717) is 27.6 Å². The number of hydrogen-bond donors (Lipinski definition) is 1. The molecule has 0 saturated heterocycles. The molecule has 0 aliphatic rings. The zero-order valence-electron chi connectivity index (χ0n) is 10.7. The van der Waals surface area contributed by atoms with Gasteiger partial charge in [-0.05, 0) is 30.3 Å². The molecule has 0 heterocycles. The highest BCUT2D eigenvalue weighted by molar-refractivity contribution is 6.34. The van der Waals surface area contributed by atoms with Crippen LogP contribution < -0.4 is 10.1 Å². The molecule has 5 heteroatoms. The maximum atomic E-state index is 12.2. The van der Waals surface area contributed by atoms with Crippen LogP contribution in [0.4, 0.5) is 5.69 Å². The molecule has 0 atom stereocenters. The number of hydrogen-bond acceptors (Lipinski definition) is 3. The van der Waals surface area contributed by atoms with Crippen LogP contribution in [0.5, 0.6) is 5.75 Å². The SMILES string of the molecule is COc1ccccc1C(=O)Nc1cc(C#N)ccc1Cl. The molecule has 1 amide bonds. The highest BCUT2D eigenvalue weighted by Crippen LogP contribution is 2.25. The topological polar surface area (TPSA) is 62.1 Å². The monoisotopic (exact) mass is 286 g/mol. The predicted molar refractivity (Wildman–Crippen MR) is 77.1 cm³/mol. The molecule has 0 radical (unpaired) electrons. The van der Waals surface area contributed by atoms with Gasteiger partial charge in [0.25, 0.3) is 5.91 Å². The first kappa shape index (κ1) is 13.9. The zero-order chi connectivity index (χ0) is 14.5. The largest absolute Gasteiger partial charge is 0.496 e. The number of carbonyl (C=O) groups excluding carboxylic acids is 1. The second-order valence-electron chi connectivity index (χ2n) is 3.96. The van der Waals surface area contributed by atoms with Crippen LogP contribution in [-0.4, -0.2) is 13.0 Å². The van der Waals surface area contributed by atoms with E-state index in [2.05, 4.69) is 5.32 Å². The van der Waals surface area contributed by atoms with Crippen molar-refractivity contribution in [3.8, 4) is 11.8 Å². The summed E-state index contributed by atoms with van der Waals surface area (Å²) in [4.78, 5) is 12.2. The van der Waals surface area contributed by atoms with Gasteiger partial charge in [-0.2, -0.15) is 5.26 Å². The third-order valence-electron chi connectivity index (χ3n) is 2.70. The molecule has 100 valence electrons. The number of anilines is 1. The molecule has 2 aromatic carbocycles. The van der Waals surface area contributed by atoms with Crippen LogP contribution in [0.15, 0.2) is 42.5 Å². The molecule has 0 aliphatic heterocycles. The van der Waals surface area contributed by atoms with Crippen molar-refractivity contribution in [1.82, 2.24) is 0 Å². The highest BCUT2D eigenvalue weighted by Gasteiger charge is 2.13. The van der Waals surface area contributed by atoms with E-state index in [1.54, 1.807) is 36.4 Å². The number of carbonyl (C=O) groups is 1. The van der Waals surface area contributed by atoms with Gasteiger partial charge in [0.2, 0.25) is 0 Å². The smallest absolute Gasteiger partial charge is 0.259 e. The molecular weight excluding hydrogens is 276 g/mol. The Morgan fingerprint density at radius 2 is 2.05 bits per heavy atom. The fourth-order valence-corrected chi connectivity index (χ4v) is 1.88. The fourth-order valence-electron chi connectivity index (χ4n) is 1.71. The molecule has 0 bridgehead atoms. The van der Waals surface area contributed by atoms with Crippen LogP contribution in [-0.2, 0) is 0 Å². The summed E-state index contributed by atoms with van der Waals surface area (Å²) in [5.74, 6) is 0.122. The summed E-state index contributed by atoms with van der Waals surface area (Å²) < 4.78 is 5.13. The first-order valence-electron chi connectivity index (χ1n) is 5.79. The predicted octanol–water partition coefficient (Wildman–Crippen LogP) is 3.47. The van der Waals surface area contributed by atoms with Crippen LogP contribution in [0.3, 0.4) is 0 Å². The lowest BCUT2D eigenvalue weighted by atomic mass is 10.1. The van der Waals surface area contributed by atoms with Crippen LogP contribution in [0.1, 0.15) is 15.9 Å². The molecule has 2 aromatic rings. The highest BCUT2D eigenvalue weighted by atomic mass is 35.5. The van der Waals surface area contributed by atoms with Crippen molar-refractivity contribution in [1.29, 1.82) is 5.26 Å². The van der Waals surface area contributed by atoms with Crippen molar-refractivity contribution < 1.29 is 9.53 Å². The van der Waals surface area contributed by atoms with Gasteiger partial charge < -0.3 is 10.1 Å². The minimum absolute atomic E-state index is 0.348. The van der Waals surface area contributed by atoms with Gasteiger partial charge in [0.05, 0.1) is 35.0 Å². The molecule has 0 aromatic heterocycles. The summed E-state index contributed by atoms with van der Waals surface area (Å²) in [5.41, 5.74) is 1.21. The minimum Gasteiger partial charge on any atom is -0.496 e. The summed E-state index contributed by atoms with van der Waals surface area (Å²) in [6, 6.07) is 13.5. The number of rotatable bonds is 3. The maximum absolute atomic E-state index is 12.2. The Hall–Kier alpha value is -2.51. The third-order valence-corrected chi connectivity index (χ3v) is 3.02. The summed E-state index contributed by atoms with van der Waals surface area (Å²) >= 11 is 6.00. The lowest BCUT2D eigenvalue weighted by Crippen LogP contribution is -2.13. The van der Waals surface area contributed by atoms with E-state index in [1.165, 1.54) is 13.2 Å². The van der Waals surface area contributed by atoms with Gasteiger partial charge in [0.15, 0.2) is 0 Å². The Balaban J connectivity index is 2.30. The van der Waals surface area contributed by atoms with Crippen molar-refractivity contribution in [3.63, 3.8) is 0 Å². The Labute approximate surface area is 121 Å². The number of amides is 1.